The first-order chi connectivity index (χ1) is 10.6. The van der Waals surface area contributed by atoms with E-state index in [2.05, 4.69) is 6.07 Å². The zero-order valence-corrected chi connectivity index (χ0v) is 13.5. The number of imide groups is 2. The lowest BCUT2D eigenvalue weighted by Gasteiger charge is -2.70. The minimum Gasteiger partial charge on any atom is -0.320 e. The summed E-state index contributed by atoms with van der Waals surface area (Å²) < 4.78 is 0. The van der Waals surface area contributed by atoms with Gasteiger partial charge in [0.05, 0.1) is 23.4 Å². The lowest BCUT2D eigenvalue weighted by molar-refractivity contribution is -0.210. The number of nitriles is 1. The monoisotopic (exact) mass is 319 g/mol. The first-order valence-electron chi connectivity index (χ1n) is 7.10. The first kappa shape index (κ1) is 15.3. The van der Waals surface area contributed by atoms with E-state index in [1.54, 1.807) is 6.92 Å². The summed E-state index contributed by atoms with van der Waals surface area (Å²) in [6.07, 6.45) is 0. The van der Waals surface area contributed by atoms with Crippen LogP contribution in [0.5, 0.6) is 0 Å². The third-order valence-corrected chi connectivity index (χ3v) is 5.65. The molecular formula is C14H17N5O4. The molecule has 0 radical (unpaired) electrons. The van der Waals surface area contributed by atoms with E-state index in [-0.39, 0.29) is 0 Å². The second-order valence-corrected chi connectivity index (χ2v) is 6.55. The second kappa shape index (κ2) is 4.01. The molecule has 122 valence electrons. The molecule has 0 unspecified atom stereocenters. The molecule has 3 rings (SSSR count). The van der Waals surface area contributed by atoms with Crippen molar-refractivity contribution in [2.75, 3.05) is 28.2 Å². The average Bonchev–Trinajstić information content (AvgIpc) is 2.52. The molecule has 0 aromatic heterocycles. The van der Waals surface area contributed by atoms with E-state index < -0.39 is 46.8 Å². The van der Waals surface area contributed by atoms with Crippen molar-refractivity contribution in [3.63, 3.8) is 0 Å². The zero-order valence-electron chi connectivity index (χ0n) is 13.5. The molecule has 0 N–H and O–H groups in total. The third-order valence-electron chi connectivity index (χ3n) is 5.65. The van der Waals surface area contributed by atoms with Crippen LogP contribution in [0.1, 0.15) is 6.92 Å². The average molecular weight is 319 g/mol. The molecule has 4 atom stereocenters. The van der Waals surface area contributed by atoms with Crippen LogP contribution in [-0.4, -0.2) is 83.2 Å². The molecule has 2 aliphatic heterocycles. The van der Waals surface area contributed by atoms with Crippen LogP contribution in [0.15, 0.2) is 0 Å². The molecule has 6 amide bonds. The molecule has 2 heterocycles. The van der Waals surface area contributed by atoms with Crippen LogP contribution in [0.2, 0.25) is 0 Å². The van der Waals surface area contributed by atoms with Gasteiger partial charge in [-0.3, -0.25) is 19.4 Å². The van der Waals surface area contributed by atoms with Crippen LogP contribution >= 0.6 is 0 Å². The lowest BCUT2D eigenvalue weighted by Crippen LogP contribution is -2.91. The normalized spacial score (nSPS) is 39.8. The van der Waals surface area contributed by atoms with Gasteiger partial charge in [-0.25, -0.2) is 9.59 Å². The molecule has 23 heavy (non-hydrogen) atoms. The number of rotatable bonds is 0. The van der Waals surface area contributed by atoms with Gasteiger partial charge < -0.3 is 9.80 Å². The van der Waals surface area contributed by atoms with Gasteiger partial charge in [0.15, 0.2) is 5.54 Å². The maximum atomic E-state index is 12.7. The predicted molar refractivity (Wildman–Crippen MR) is 75.6 cm³/mol. The number of hydrogen-bond donors (Lipinski definition) is 0. The first-order valence-corrected chi connectivity index (χ1v) is 7.10. The van der Waals surface area contributed by atoms with Crippen molar-refractivity contribution in [2.24, 2.45) is 11.3 Å². The van der Waals surface area contributed by atoms with Gasteiger partial charge in [-0.15, -0.1) is 0 Å². The molecule has 0 spiro atoms. The molecule has 9 nitrogen and oxygen atoms in total. The standard InChI is InChI=1S/C14H17N5O4/c1-13-7-8(20)16(2)12(23)19(5)14(7,6-15)9(13)17(3)11(22)18(4)10(13)21/h7,9H,1-5H3/t7-,9-,13-,14-/m0/s1. The summed E-state index contributed by atoms with van der Waals surface area (Å²) >= 11 is 0. The molecule has 3 aliphatic rings. The summed E-state index contributed by atoms with van der Waals surface area (Å²) in [6, 6.07) is 0.00328. The molecule has 0 aromatic carbocycles. The summed E-state index contributed by atoms with van der Waals surface area (Å²) in [7, 11) is 5.57. The van der Waals surface area contributed by atoms with E-state index in [0.29, 0.717) is 0 Å². The number of fused-ring (bicyclic) bond motifs is 4. The fourth-order valence-corrected chi connectivity index (χ4v) is 4.56. The van der Waals surface area contributed by atoms with Crippen molar-refractivity contribution in [1.29, 1.82) is 5.26 Å². The van der Waals surface area contributed by atoms with Crippen molar-refractivity contribution in [2.45, 2.75) is 18.5 Å². The highest BCUT2D eigenvalue weighted by Crippen LogP contribution is 2.62. The Balaban J connectivity index is 2.25. The molecule has 0 bridgehead atoms. The molecule has 1 saturated carbocycles. The van der Waals surface area contributed by atoms with Crippen molar-refractivity contribution in [3.05, 3.63) is 0 Å². The summed E-state index contributed by atoms with van der Waals surface area (Å²) in [6.45, 7) is 1.58. The topological polar surface area (TPSA) is 105 Å². The van der Waals surface area contributed by atoms with E-state index in [1.165, 1.54) is 38.0 Å². The van der Waals surface area contributed by atoms with Crippen LogP contribution in [0.3, 0.4) is 0 Å². The number of urea groups is 2. The summed E-state index contributed by atoms with van der Waals surface area (Å²) in [5.74, 6) is -2.09. The Bertz CT molecular complexity index is 714. The van der Waals surface area contributed by atoms with Gasteiger partial charge in [-0.05, 0) is 6.92 Å². The van der Waals surface area contributed by atoms with Gasteiger partial charge in [-0.2, -0.15) is 5.26 Å². The van der Waals surface area contributed by atoms with Crippen LogP contribution in [0.4, 0.5) is 9.59 Å². The predicted octanol–water partition coefficient (Wildman–Crippen LogP) is -0.699. The van der Waals surface area contributed by atoms with Gasteiger partial charge in [0.25, 0.3) is 0 Å². The van der Waals surface area contributed by atoms with Crippen molar-refractivity contribution < 1.29 is 19.2 Å². The largest absolute Gasteiger partial charge is 0.327 e. The Kier molecular flexibility index (Phi) is 2.66. The van der Waals surface area contributed by atoms with Crippen LogP contribution in [0, 0.1) is 22.7 Å². The Morgan fingerprint density at radius 2 is 1.57 bits per heavy atom. The maximum absolute atomic E-state index is 12.7. The highest BCUT2D eigenvalue weighted by molar-refractivity contribution is 6.10. The molecular weight excluding hydrogens is 302 g/mol. The Hall–Kier alpha value is -2.63. The smallest absolute Gasteiger partial charge is 0.320 e. The van der Waals surface area contributed by atoms with Gasteiger partial charge in [0.2, 0.25) is 11.8 Å². The number of carbonyl (C=O) groups excluding carboxylic acids is 4. The maximum Gasteiger partial charge on any atom is 0.327 e. The van der Waals surface area contributed by atoms with Crippen LogP contribution in [0.25, 0.3) is 0 Å². The Morgan fingerprint density at radius 3 is 2.09 bits per heavy atom. The molecule has 3 fully saturated rings. The van der Waals surface area contributed by atoms with E-state index in [9.17, 15) is 24.4 Å². The van der Waals surface area contributed by atoms with Crippen molar-refractivity contribution in [1.82, 2.24) is 19.6 Å². The fourth-order valence-electron chi connectivity index (χ4n) is 4.56. The number of likely N-dealkylation sites (N-methyl/N-ethyl adjacent to an activating group) is 2. The lowest BCUT2D eigenvalue weighted by atomic mass is 9.43. The number of hydrogen-bond acceptors (Lipinski definition) is 5. The summed E-state index contributed by atoms with van der Waals surface area (Å²) in [5.41, 5.74) is -2.77. The van der Waals surface area contributed by atoms with Gasteiger partial charge >= 0.3 is 12.1 Å². The highest BCUT2D eigenvalue weighted by atomic mass is 16.2. The molecule has 9 heteroatoms. The van der Waals surface area contributed by atoms with E-state index in [4.69, 9.17) is 0 Å². The second-order valence-electron chi connectivity index (χ2n) is 6.55. The number of amides is 6. The van der Waals surface area contributed by atoms with Crippen molar-refractivity contribution >= 4 is 23.9 Å². The SMILES string of the molecule is CN1C(=O)[C@H]2[C@]3(C)C(=O)N(C)C(=O)N(C)[C@@H]3[C@@]2(C#N)N(C)C1=O. The Labute approximate surface area is 133 Å². The van der Waals surface area contributed by atoms with E-state index in [1.807, 2.05) is 0 Å². The third kappa shape index (κ3) is 1.25. The van der Waals surface area contributed by atoms with E-state index in [0.717, 1.165) is 9.80 Å². The molecule has 2 saturated heterocycles. The number of carbonyl (C=O) groups is 4. The zero-order chi connectivity index (χ0) is 17.5. The summed E-state index contributed by atoms with van der Waals surface area (Å²) in [4.78, 5) is 54.3. The minimum atomic E-state index is -1.53. The van der Waals surface area contributed by atoms with Gasteiger partial charge in [0.1, 0.15) is 0 Å². The summed E-state index contributed by atoms with van der Waals surface area (Å²) in [5, 5.41) is 9.80. The Morgan fingerprint density at radius 1 is 1.00 bits per heavy atom. The van der Waals surface area contributed by atoms with Gasteiger partial charge in [0, 0.05) is 28.2 Å². The molecule has 0 aromatic rings. The molecule has 1 aliphatic carbocycles. The van der Waals surface area contributed by atoms with Crippen LogP contribution < -0.4 is 0 Å². The van der Waals surface area contributed by atoms with Crippen molar-refractivity contribution in [3.8, 4) is 6.07 Å². The fraction of sp³-hybridized carbons (Fsp3) is 0.643. The highest BCUT2D eigenvalue weighted by Gasteiger charge is 2.83. The van der Waals surface area contributed by atoms with Gasteiger partial charge in [-0.1, -0.05) is 0 Å². The van der Waals surface area contributed by atoms with E-state index >= 15 is 0 Å². The van der Waals surface area contributed by atoms with Crippen LogP contribution in [-0.2, 0) is 9.59 Å². The number of nitrogens with zero attached hydrogens (tertiary/aromatic N) is 5. The quantitative estimate of drug-likeness (QED) is 0.587. The minimum absolute atomic E-state index is 0.508.